The van der Waals surface area contributed by atoms with Crippen LogP contribution in [0.15, 0.2) is 34.8 Å². The van der Waals surface area contributed by atoms with Crippen LogP contribution in [-0.2, 0) is 13.0 Å². The first kappa shape index (κ1) is 19.2. The van der Waals surface area contributed by atoms with Crippen LogP contribution in [0.4, 0.5) is 5.13 Å². The van der Waals surface area contributed by atoms with Gasteiger partial charge in [0.05, 0.1) is 12.2 Å². The third kappa shape index (κ3) is 4.80. The van der Waals surface area contributed by atoms with Crippen LogP contribution < -0.4 is 15.5 Å². The number of aromatic nitrogens is 2. The molecule has 0 unspecified atom stereocenters. The average molecular weight is 385 g/mol. The molecule has 3 N–H and O–H groups in total. The van der Waals surface area contributed by atoms with Gasteiger partial charge in [-0.25, -0.2) is 9.98 Å². The molecule has 6 nitrogen and oxygen atoms in total. The Morgan fingerprint density at radius 1 is 1.30 bits per heavy atom. The lowest BCUT2D eigenvalue weighted by molar-refractivity contribution is 0.799. The lowest BCUT2D eigenvalue weighted by atomic mass is 10.1. The number of benzene rings is 1. The van der Waals surface area contributed by atoms with Gasteiger partial charge in [0.1, 0.15) is 0 Å². The third-order valence-electron chi connectivity index (χ3n) is 4.35. The minimum Gasteiger partial charge on any atom is -0.361 e. The normalized spacial score (nSPS) is 11.8. The Balaban J connectivity index is 1.60. The predicted molar refractivity (Wildman–Crippen MR) is 116 cm³/mol. The molecule has 27 heavy (non-hydrogen) atoms. The number of guanidine groups is 1. The maximum atomic E-state index is 4.67. The second-order valence-electron chi connectivity index (χ2n) is 6.70. The number of hydrogen-bond acceptors (Lipinski definition) is 4. The lowest BCUT2D eigenvalue weighted by Gasteiger charge is -2.11. The van der Waals surface area contributed by atoms with E-state index in [1.165, 1.54) is 22.0 Å². The molecule has 0 saturated carbocycles. The number of fused-ring (bicyclic) bond motifs is 1. The van der Waals surface area contributed by atoms with E-state index in [1.54, 1.807) is 11.3 Å². The van der Waals surface area contributed by atoms with E-state index in [4.69, 9.17) is 0 Å². The molecule has 0 aliphatic carbocycles. The Labute approximate surface area is 164 Å². The van der Waals surface area contributed by atoms with Crippen LogP contribution in [0.3, 0.4) is 0 Å². The zero-order valence-electron chi connectivity index (χ0n) is 16.5. The van der Waals surface area contributed by atoms with Crippen LogP contribution in [0, 0.1) is 6.92 Å². The van der Waals surface area contributed by atoms with Gasteiger partial charge >= 0.3 is 0 Å². The minimum atomic E-state index is 0.575. The number of hydrogen-bond donors (Lipinski definition) is 3. The number of nitrogens with zero attached hydrogens (tertiary/aromatic N) is 3. The summed E-state index contributed by atoms with van der Waals surface area (Å²) in [6, 6.07) is 6.38. The van der Waals surface area contributed by atoms with Crippen molar-refractivity contribution in [3.05, 3.63) is 46.6 Å². The Morgan fingerprint density at radius 3 is 2.89 bits per heavy atom. The molecule has 7 heteroatoms. The molecule has 2 aromatic heterocycles. The van der Waals surface area contributed by atoms with E-state index in [9.17, 15) is 0 Å². The van der Waals surface area contributed by atoms with Crippen molar-refractivity contribution in [2.24, 2.45) is 4.99 Å². The van der Waals surface area contributed by atoms with E-state index < -0.39 is 0 Å². The van der Waals surface area contributed by atoms with Crippen LogP contribution >= 0.6 is 11.3 Å². The number of rotatable bonds is 7. The maximum Gasteiger partial charge on any atom is 0.191 e. The first-order valence-electron chi connectivity index (χ1n) is 9.28. The Bertz CT molecular complexity index is 908. The smallest absolute Gasteiger partial charge is 0.191 e. The molecular formula is C20H28N6S. The average Bonchev–Trinajstić information content (AvgIpc) is 3.28. The molecule has 144 valence electrons. The van der Waals surface area contributed by atoms with Crippen molar-refractivity contribution in [2.75, 3.05) is 32.1 Å². The summed E-state index contributed by atoms with van der Waals surface area (Å²) in [5.74, 6) is 0.827. The Morgan fingerprint density at radius 2 is 2.15 bits per heavy atom. The summed E-state index contributed by atoms with van der Waals surface area (Å²) in [6.07, 6.45) is 3.05. The quantitative estimate of drug-likeness (QED) is 0.432. The van der Waals surface area contributed by atoms with Crippen molar-refractivity contribution >= 4 is 33.3 Å². The van der Waals surface area contributed by atoms with E-state index in [2.05, 4.69) is 69.2 Å². The van der Waals surface area contributed by atoms with Crippen molar-refractivity contribution in [1.82, 2.24) is 20.6 Å². The van der Waals surface area contributed by atoms with Gasteiger partial charge < -0.3 is 20.5 Å². The Kier molecular flexibility index (Phi) is 6.34. The highest BCUT2D eigenvalue weighted by Crippen LogP contribution is 2.22. The van der Waals surface area contributed by atoms with Crippen LogP contribution in [0.25, 0.3) is 10.9 Å². The van der Waals surface area contributed by atoms with Crippen molar-refractivity contribution in [3.8, 4) is 0 Å². The molecule has 0 aliphatic rings. The van der Waals surface area contributed by atoms with Crippen molar-refractivity contribution in [2.45, 2.75) is 26.8 Å². The van der Waals surface area contributed by atoms with Crippen LogP contribution in [-0.4, -0.2) is 43.1 Å². The van der Waals surface area contributed by atoms with Gasteiger partial charge in [0.15, 0.2) is 11.1 Å². The predicted octanol–water partition coefficient (Wildman–Crippen LogP) is 3.30. The summed E-state index contributed by atoms with van der Waals surface area (Å²) in [7, 11) is 4.01. The summed E-state index contributed by atoms with van der Waals surface area (Å²) in [5, 5.41) is 11.1. The number of aryl methyl sites for hydroxylation is 1. The summed E-state index contributed by atoms with van der Waals surface area (Å²) in [5.41, 5.74) is 4.84. The minimum absolute atomic E-state index is 0.575. The summed E-state index contributed by atoms with van der Waals surface area (Å²) >= 11 is 1.64. The number of aromatic amines is 1. The highest BCUT2D eigenvalue weighted by atomic mass is 32.1. The molecule has 1 aromatic carbocycles. The fourth-order valence-electron chi connectivity index (χ4n) is 3.04. The highest BCUT2D eigenvalue weighted by molar-refractivity contribution is 7.13. The van der Waals surface area contributed by atoms with Crippen molar-refractivity contribution in [3.63, 3.8) is 0 Å². The summed E-state index contributed by atoms with van der Waals surface area (Å²) in [6.45, 7) is 6.47. The molecule has 3 rings (SSSR count). The number of anilines is 1. The molecule has 0 aliphatic heterocycles. The monoisotopic (exact) mass is 384 g/mol. The van der Waals surface area contributed by atoms with Gasteiger partial charge in [-0.3, -0.25) is 0 Å². The highest BCUT2D eigenvalue weighted by Gasteiger charge is 2.07. The molecule has 0 saturated heterocycles. The number of aliphatic imine (C=N–C) groups is 1. The first-order valence-corrected chi connectivity index (χ1v) is 10.2. The number of H-pyrrole nitrogens is 1. The molecule has 0 bridgehead atoms. The van der Waals surface area contributed by atoms with E-state index in [0.29, 0.717) is 6.54 Å². The van der Waals surface area contributed by atoms with E-state index in [1.807, 2.05) is 19.0 Å². The molecular weight excluding hydrogens is 356 g/mol. The Hall–Kier alpha value is -2.54. The van der Waals surface area contributed by atoms with Crippen molar-refractivity contribution in [1.29, 1.82) is 0 Å². The van der Waals surface area contributed by atoms with Gasteiger partial charge in [-0.2, -0.15) is 0 Å². The largest absolute Gasteiger partial charge is 0.361 e. The van der Waals surface area contributed by atoms with E-state index in [0.717, 1.165) is 36.3 Å². The zero-order chi connectivity index (χ0) is 19.2. The molecule has 0 radical (unpaired) electrons. The van der Waals surface area contributed by atoms with Gasteiger partial charge in [-0.15, -0.1) is 11.3 Å². The van der Waals surface area contributed by atoms with E-state index >= 15 is 0 Å². The molecule has 2 heterocycles. The number of thiazole rings is 1. The van der Waals surface area contributed by atoms with Crippen molar-refractivity contribution < 1.29 is 0 Å². The summed E-state index contributed by atoms with van der Waals surface area (Å²) in [4.78, 5) is 14.6. The third-order valence-corrected chi connectivity index (χ3v) is 5.41. The second kappa shape index (κ2) is 8.90. The van der Waals surface area contributed by atoms with Gasteiger partial charge in [0.2, 0.25) is 0 Å². The first-order chi connectivity index (χ1) is 13.1. The molecule has 3 aromatic rings. The SMILES string of the molecule is CCNC(=NCc1csc(N(C)C)n1)NCCc1c[nH]c2cccc(C)c12. The zero-order valence-corrected chi connectivity index (χ0v) is 17.3. The summed E-state index contributed by atoms with van der Waals surface area (Å²) < 4.78 is 0. The van der Waals surface area contributed by atoms with E-state index in [-0.39, 0.29) is 0 Å². The fraction of sp³-hybridized carbons (Fsp3) is 0.400. The van der Waals surface area contributed by atoms with Crippen LogP contribution in [0.5, 0.6) is 0 Å². The number of nitrogens with one attached hydrogen (secondary N) is 3. The van der Waals surface area contributed by atoms with Gasteiger partial charge in [-0.1, -0.05) is 12.1 Å². The molecule has 0 spiro atoms. The van der Waals surface area contributed by atoms with Crippen LogP contribution in [0.2, 0.25) is 0 Å². The molecule has 0 atom stereocenters. The van der Waals surface area contributed by atoms with Gasteiger partial charge in [0, 0.05) is 49.7 Å². The van der Waals surface area contributed by atoms with Gasteiger partial charge in [0.25, 0.3) is 0 Å². The lowest BCUT2D eigenvalue weighted by Crippen LogP contribution is -2.38. The standard InChI is InChI=1S/C20H28N6S/c1-5-21-19(24-12-16-13-27-20(25-16)26(3)4)22-10-9-15-11-23-17-8-6-7-14(2)18(15)17/h6-8,11,13,23H,5,9-10,12H2,1-4H3,(H2,21,22,24). The molecule has 0 fully saturated rings. The van der Waals surface area contributed by atoms with Gasteiger partial charge in [-0.05, 0) is 37.5 Å². The fourth-order valence-corrected chi connectivity index (χ4v) is 3.79. The van der Waals surface area contributed by atoms with Crippen LogP contribution in [0.1, 0.15) is 23.7 Å². The maximum absolute atomic E-state index is 4.67. The topological polar surface area (TPSA) is 68.3 Å². The molecule has 0 amide bonds. The second-order valence-corrected chi connectivity index (χ2v) is 7.54.